The zero-order valence-electron chi connectivity index (χ0n) is 10.5. The first-order valence-electron chi connectivity index (χ1n) is 5.38. The van der Waals surface area contributed by atoms with Gasteiger partial charge in [-0.1, -0.05) is 32.9 Å². The Bertz CT molecular complexity index is 433. The summed E-state index contributed by atoms with van der Waals surface area (Å²) in [5.41, 5.74) is 18.2. The molecule has 7 N–H and O–H groups in total. The fraction of sp³-hybridized carbons (Fsp3) is 0.333. The van der Waals surface area contributed by atoms with Crippen LogP contribution in [0.5, 0.6) is 0 Å². The normalized spacial score (nSPS) is 12.3. The van der Waals surface area contributed by atoms with Gasteiger partial charge in [-0.25, -0.2) is 4.99 Å². The SMILES string of the molecule is CC(C)(C)c1ccc(N=C(N)[NH+]=C(N)N)cc1. The Morgan fingerprint density at radius 3 is 2.00 bits per heavy atom. The van der Waals surface area contributed by atoms with Crippen molar-refractivity contribution in [2.45, 2.75) is 26.2 Å². The van der Waals surface area contributed by atoms with E-state index in [4.69, 9.17) is 17.2 Å². The molecule has 0 aliphatic rings. The summed E-state index contributed by atoms with van der Waals surface area (Å²) < 4.78 is 0. The summed E-state index contributed by atoms with van der Waals surface area (Å²) in [4.78, 5) is 6.66. The van der Waals surface area contributed by atoms with E-state index < -0.39 is 0 Å². The van der Waals surface area contributed by atoms with Gasteiger partial charge in [-0.3, -0.25) is 0 Å². The number of nitrogens with zero attached hydrogens (tertiary/aromatic N) is 1. The fourth-order valence-corrected chi connectivity index (χ4v) is 1.35. The Morgan fingerprint density at radius 2 is 1.59 bits per heavy atom. The molecule has 5 heteroatoms. The van der Waals surface area contributed by atoms with Gasteiger partial charge in [0.1, 0.15) is 5.69 Å². The van der Waals surface area contributed by atoms with E-state index in [1.54, 1.807) is 0 Å². The van der Waals surface area contributed by atoms with Gasteiger partial charge in [0.05, 0.1) is 0 Å². The van der Waals surface area contributed by atoms with E-state index in [0.717, 1.165) is 5.69 Å². The van der Waals surface area contributed by atoms with E-state index >= 15 is 0 Å². The van der Waals surface area contributed by atoms with Crippen LogP contribution in [-0.2, 0) is 5.41 Å². The second-order valence-electron chi connectivity index (χ2n) is 4.87. The Morgan fingerprint density at radius 1 is 1.06 bits per heavy atom. The second-order valence-corrected chi connectivity index (χ2v) is 4.87. The highest BCUT2D eigenvalue weighted by atomic mass is 15.1. The number of benzene rings is 1. The summed E-state index contributed by atoms with van der Waals surface area (Å²) in [5.74, 6) is 0.200. The van der Waals surface area contributed by atoms with Gasteiger partial charge in [-0.05, 0) is 23.1 Å². The van der Waals surface area contributed by atoms with Crippen LogP contribution >= 0.6 is 0 Å². The fourth-order valence-electron chi connectivity index (χ4n) is 1.35. The maximum atomic E-state index is 5.59. The van der Waals surface area contributed by atoms with Gasteiger partial charge in [0.25, 0.3) is 5.96 Å². The molecule has 0 heterocycles. The van der Waals surface area contributed by atoms with Crippen LogP contribution in [0.4, 0.5) is 5.69 Å². The minimum Gasteiger partial charge on any atom is -0.323 e. The van der Waals surface area contributed by atoms with Gasteiger partial charge < -0.3 is 17.2 Å². The number of rotatable bonds is 1. The molecule has 0 bridgehead atoms. The molecule has 0 fully saturated rings. The molecule has 0 unspecified atom stereocenters. The van der Waals surface area contributed by atoms with Crippen molar-refractivity contribution in [2.24, 2.45) is 22.2 Å². The predicted molar refractivity (Wildman–Crippen MR) is 70.8 cm³/mol. The van der Waals surface area contributed by atoms with Gasteiger partial charge in [0.2, 0.25) is 0 Å². The van der Waals surface area contributed by atoms with E-state index in [-0.39, 0.29) is 17.3 Å². The zero-order chi connectivity index (χ0) is 13.1. The Labute approximate surface area is 101 Å². The lowest BCUT2D eigenvalue weighted by Gasteiger charge is -2.18. The monoisotopic (exact) mass is 234 g/mol. The average Bonchev–Trinajstić information content (AvgIpc) is 2.15. The van der Waals surface area contributed by atoms with E-state index in [0.29, 0.717) is 0 Å². The maximum absolute atomic E-state index is 5.59. The molecule has 17 heavy (non-hydrogen) atoms. The number of aliphatic imine (C=N–C) groups is 1. The lowest BCUT2D eigenvalue weighted by Crippen LogP contribution is -2.84. The highest BCUT2D eigenvalue weighted by Crippen LogP contribution is 2.24. The largest absolute Gasteiger partial charge is 0.323 e. The molecular formula is C12H20N5+. The first-order chi connectivity index (χ1) is 7.79. The van der Waals surface area contributed by atoms with Gasteiger partial charge in [-0.2, -0.15) is 0 Å². The van der Waals surface area contributed by atoms with Gasteiger partial charge in [0.15, 0.2) is 0 Å². The summed E-state index contributed by atoms with van der Waals surface area (Å²) in [6.45, 7) is 6.47. The molecule has 0 aromatic heterocycles. The number of hydrogen-bond donors (Lipinski definition) is 4. The highest BCUT2D eigenvalue weighted by Gasteiger charge is 2.12. The van der Waals surface area contributed by atoms with Crippen LogP contribution in [0.25, 0.3) is 0 Å². The molecule has 0 spiro atoms. The lowest BCUT2D eigenvalue weighted by molar-refractivity contribution is -0.320. The molecule has 0 atom stereocenters. The molecule has 0 saturated heterocycles. The van der Waals surface area contributed by atoms with Crippen molar-refractivity contribution >= 4 is 17.6 Å². The summed E-state index contributed by atoms with van der Waals surface area (Å²) in [7, 11) is 0. The van der Waals surface area contributed by atoms with E-state index in [2.05, 4.69) is 30.8 Å². The third-order valence-electron chi connectivity index (χ3n) is 2.26. The van der Waals surface area contributed by atoms with Crippen molar-refractivity contribution in [3.63, 3.8) is 0 Å². The standard InChI is InChI=1S/C12H19N5/c1-12(2,3)8-4-6-9(7-5-8)16-11(15)17-10(13)14/h4-7H,1-3H3,(H6,13,14,15,16,17)/p+1. The quantitative estimate of drug-likeness (QED) is 0.381. The Hall–Kier alpha value is -2.04. The summed E-state index contributed by atoms with van der Waals surface area (Å²) in [5, 5.41) is 0. The van der Waals surface area contributed by atoms with Crippen LogP contribution in [0.1, 0.15) is 26.3 Å². The molecule has 0 radical (unpaired) electrons. The minimum absolute atomic E-state index is 0.0255. The Balaban J connectivity index is 2.93. The molecule has 0 saturated carbocycles. The number of nitrogens with two attached hydrogens (primary N) is 3. The second kappa shape index (κ2) is 4.86. The van der Waals surface area contributed by atoms with Crippen LogP contribution in [0.3, 0.4) is 0 Å². The molecule has 1 aromatic carbocycles. The molecule has 1 aromatic rings. The molecule has 0 aliphatic carbocycles. The average molecular weight is 234 g/mol. The lowest BCUT2D eigenvalue weighted by atomic mass is 9.87. The predicted octanol–water partition coefficient (Wildman–Crippen LogP) is -0.716. The first kappa shape index (κ1) is 13.0. The number of nitrogens with one attached hydrogen (secondary N) is 1. The molecule has 0 aliphatic heterocycles. The summed E-state index contributed by atoms with van der Waals surface area (Å²) in [6, 6.07) is 7.87. The van der Waals surface area contributed by atoms with Crippen molar-refractivity contribution in [1.82, 2.24) is 0 Å². The number of guanidine groups is 2. The zero-order valence-corrected chi connectivity index (χ0v) is 10.5. The topological polar surface area (TPSA) is 104 Å². The van der Waals surface area contributed by atoms with Gasteiger partial charge in [-0.15, -0.1) is 4.99 Å². The first-order valence-corrected chi connectivity index (χ1v) is 5.38. The van der Waals surface area contributed by atoms with Crippen molar-refractivity contribution in [3.8, 4) is 0 Å². The molecule has 0 amide bonds. The van der Waals surface area contributed by atoms with E-state index in [1.807, 2.05) is 24.3 Å². The molecule has 5 nitrogen and oxygen atoms in total. The summed E-state index contributed by atoms with van der Waals surface area (Å²) in [6.07, 6.45) is 0. The minimum atomic E-state index is 0.0255. The highest BCUT2D eigenvalue weighted by molar-refractivity contribution is 5.79. The third kappa shape index (κ3) is 4.14. The van der Waals surface area contributed by atoms with Crippen LogP contribution in [-0.4, -0.2) is 11.9 Å². The van der Waals surface area contributed by atoms with E-state index in [1.165, 1.54) is 5.56 Å². The van der Waals surface area contributed by atoms with Crippen LogP contribution < -0.4 is 22.2 Å². The van der Waals surface area contributed by atoms with Crippen molar-refractivity contribution in [3.05, 3.63) is 29.8 Å². The van der Waals surface area contributed by atoms with Crippen molar-refractivity contribution in [2.75, 3.05) is 0 Å². The third-order valence-corrected chi connectivity index (χ3v) is 2.26. The van der Waals surface area contributed by atoms with Crippen molar-refractivity contribution in [1.29, 1.82) is 0 Å². The maximum Gasteiger partial charge on any atom is 0.316 e. The molecular weight excluding hydrogens is 214 g/mol. The molecule has 92 valence electrons. The van der Waals surface area contributed by atoms with Crippen LogP contribution in [0.15, 0.2) is 29.3 Å². The van der Waals surface area contributed by atoms with Gasteiger partial charge >= 0.3 is 5.96 Å². The smallest absolute Gasteiger partial charge is 0.316 e. The number of hydrogen-bond acceptors (Lipinski definition) is 1. The Kier molecular flexibility index (Phi) is 3.73. The van der Waals surface area contributed by atoms with E-state index in [9.17, 15) is 0 Å². The van der Waals surface area contributed by atoms with Crippen molar-refractivity contribution < 1.29 is 4.99 Å². The van der Waals surface area contributed by atoms with Crippen LogP contribution in [0.2, 0.25) is 0 Å². The van der Waals surface area contributed by atoms with Gasteiger partial charge in [0, 0.05) is 0 Å². The van der Waals surface area contributed by atoms with Crippen LogP contribution in [0, 0.1) is 0 Å². The summed E-state index contributed by atoms with van der Waals surface area (Å²) >= 11 is 0. The molecule has 1 rings (SSSR count).